The van der Waals surface area contributed by atoms with Gasteiger partial charge < -0.3 is 5.32 Å². The highest BCUT2D eigenvalue weighted by molar-refractivity contribution is 7.22. The SMILES string of the molecule is Cc1ccc2nc(NC(=O)Cn3nc(C(F)F)c(Cl)c3C(F)F)sc2c1. The number of aryl methyl sites for hydroxylation is 1. The van der Waals surface area contributed by atoms with E-state index in [4.69, 9.17) is 11.6 Å². The maximum atomic E-state index is 13.1. The summed E-state index contributed by atoms with van der Waals surface area (Å²) in [5.41, 5.74) is -0.208. The Labute approximate surface area is 153 Å². The third kappa shape index (κ3) is 3.65. The van der Waals surface area contributed by atoms with E-state index in [1.54, 1.807) is 6.07 Å². The van der Waals surface area contributed by atoms with Gasteiger partial charge in [0.25, 0.3) is 12.9 Å². The molecule has 0 fully saturated rings. The fourth-order valence-corrected chi connectivity index (χ4v) is 3.60. The lowest BCUT2D eigenvalue weighted by atomic mass is 10.2. The van der Waals surface area contributed by atoms with Crippen molar-refractivity contribution in [2.75, 3.05) is 5.32 Å². The number of thiazole rings is 1. The summed E-state index contributed by atoms with van der Waals surface area (Å²) in [6.45, 7) is 1.21. The van der Waals surface area contributed by atoms with E-state index in [9.17, 15) is 22.4 Å². The first kappa shape index (κ1) is 18.6. The topological polar surface area (TPSA) is 59.8 Å². The molecule has 3 aromatic rings. The van der Waals surface area contributed by atoms with Crippen molar-refractivity contribution in [1.29, 1.82) is 0 Å². The predicted octanol–water partition coefficient (Wildman–Crippen LogP) is 4.97. The summed E-state index contributed by atoms with van der Waals surface area (Å²) in [7, 11) is 0. The molecule has 0 aliphatic rings. The summed E-state index contributed by atoms with van der Waals surface area (Å²) in [5.74, 6) is -0.734. The number of fused-ring (bicyclic) bond motifs is 1. The summed E-state index contributed by atoms with van der Waals surface area (Å²) < 4.78 is 53.1. The van der Waals surface area contributed by atoms with Crippen LogP contribution >= 0.6 is 22.9 Å². The summed E-state index contributed by atoms with van der Waals surface area (Å²) in [4.78, 5) is 16.3. The fourth-order valence-electron chi connectivity index (χ4n) is 2.32. The highest BCUT2D eigenvalue weighted by Crippen LogP contribution is 2.34. The molecule has 138 valence electrons. The second-order valence-electron chi connectivity index (χ2n) is 5.38. The maximum absolute atomic E-state index is 13.1. The third-order valence-corrected chi connectivity index (χ3v) is 4.77. The molecule has 0 bridgehead atoms. The number of carbonyl (C=O) groups excluding carboxylic acids is 1. The Bertz CT molecular complexity index is 972. The predicted molar refractivity (Wildman–Crippen MR) is 90.1 cm³/mol. The van der Waals surface area contributed by atoms with E-state index < -0.39 is 41.7 Å². The second kappa shape index (κ2) is 7.20. The van der Waals surface area contributed by atoms with Crippen molar-refractivity contribution in [3.8, 4) is 0 Å². The van der Waals surface area contributed by atoms with Crippen LogP contribution in [0.2, 0.25) is 5.02 Å². The molecule has 1 amide bonds. The van der Waals surface area contributed by atoms with E-state index in [1.807, 2.05) is 19.1 Å². The average Bonchev–Trinajstić information content (AvgIpc) is 3.06. The molecule has 26 heavy (non-hydrogen) atoms. The Hall–Kier alpha value is -2.20. The lowest BCUT2D eigenvalue weighted by Crippen LogP contribution is -2.21. The molecule has 1 N–H and O–H groups in total. The molecular weight excluding hydrogens is 396 g/mol. The molecule has 11 heteroatoms. The van der Waals surface area contributed by atoms with E-state index in [1.165, 1.54) is 11.3 Å². The van der Waals surface area contributed by atoms with Crippen molar-refractivity contribution in [2.24, 2.45) is 0 Å². The highest BCUT2D eigenvalue weighted by atomic mass is 35.5. The highest BCUT2D eigenvalue weighted by Gasteiger charge is 2.28. The van der Waals surface area contributed by atoms with E-state index in [2.05, 4.69) is 15.4 Å². The molecule has 0 atom stereocenters. The molecule has 5 nitrogen and oxygen atoms in total. The minimum atomic E-state index is -3.15. The largest absolute Gasteiger partial charge is 0.300 e. The molecule has 2 heterocycles. The molecule has 1 aromatic carbocycles. The van der Waals surface area contributed by atoms with Gasteiger partial charge in [-0.05, 0) is 24.6 Å². The molecule has 0 unspecified atom stereocenters. The van der Waals surface area contributed by atoms with Crippen LogP contribution in [0.4, 0.5) is 22.7 Å². The number of aromatic nitrogens is 3. The lowest BCUT2D eigenvalue weighted by molar-refractivity contribution is -0.117. The molecule has 0 spiro atoms. The Kier molecular flexibility index (Phi) is 5.15. The minimum absolute atomic E-state index is 0.265. The molecule has 0 aliphatic carbocycles. The van der Waals surface area contributed by atoms with Crippen LogP contribution in [-0.2, 0) is 11.3 Å². The normalized spacial score (nSPS) is 11.7. The standard InChI is InChI=1S/C15H11ClF4N4OS/c1-6-2-3-7-8(4-6)26-15(21-7)22-9(25)5-24-12(14(19)20)10(16)11(23-24)13(17)18/h2-4,13-14H,5H2,1H3,(H,21,22,25). The van der Waals surface area contributed by atoms with Crippen molar-refractivity contribution >= 4 is 44.2 Å². The van der Waals surface area contributed by atoms with Crippen LogP contribution in [0.1, 0.15) is 29.8 Å². The van der Waals surface area contributed by atoms with Gasteiger partial charge in [-0.1, -0.05) is 29.0 Å². The molecular formula is C15H11ClF4N4OS. The molecule has 3 rings (SSSR count). The van der Waals surface area contributed by atoms with Crippen LogP contribution < -0.4 is 5.32 Å². The van der Waals surface area contributed by atoms with Crippen molar-refractivity contribution in [3.63, 3.8) is 0 Å². The van der Waals surface area contributed by atoms with Crippen LogP contribution in [-0.4, -0.2) is 20.7 Å². The summed E-state index contributed by atoms with van der Waals surface area (Å²) >= 11 is 6.75. The van der Waals surface area contributed by atoms with Gasteiger partial charge in [-0.2, -0.15) is 5.10 Å². The van der Waals surface area contributed by atoms with Gasteiger partial charge in [0.1, 0.15) is 17.9 Å². The monoisotopic (exact) mass is 406 g/mol. The summed E-state index contributed by atoms with van der Waals surface area (Å²) in [6.07, 6.45) is -6.28. The number of hydrogen-bond acceptors (Lipinski definition) is 4. The molecule has 0 saturated carbocycles. The number of hydrogen-bond donors (Lipinski definition) is 1. The smallest absolute Gasteiger partial charge is 0.283 e. The van der Waals surface area contributed by atoms with Gasteiger partial charge >= 0.3 is 0 Å². The molecule has 0 radical (unpaired) electrons. The zero-order chi connectivity index (χ0) is 19.0. The molecule has 2 aromatic heterocycles. The fraction of sp³-hybridized carbons (Fsp3) is 0.267. The van der Waals surface area contributed by atoms with Crippen molar-refractivity contribution in [1.82, 2.24) is 14.8 Å². The van der Waals surface area contributed by atoms with Gasteiger partial charge in [0.15, 0.2) is 5.13 Å². The lowest BCUT2D eigenvalue weighted by Gasteiger charge is -2.06. The van der Waals surface area contributed by atoms with Gasteiger partial charge in [-0.3, -0.25) is 9.48 Å². The Morgan fingerprint density at radius 3 is 2.69 bits per heavy atom. The number of benzene rings is 1. The van der Waals surface area contributed by atoms with Crippen LogP contribution in [0, 0.1) is 6.92 Å². The first-order valence-electron chi connectivity index (χ1n) is 7.25. The van der Waals surface area contributed by atoms with Crippen LogP contribution in [0.25, 0.3) is 10.2 Å². The van der Waals surface area contributed by atoms with E-state index in [-0.39, 0.29) is 5.13 Å². The Morgan fingerprint density at radius 1 is 1.31 bits per heavy atom. The van der Waals surface area contributed by atoms with Crippen molar-refractivity contribution in [2.45, 2.75) is 26.3 Å². The molecule has 0 aliphatic heterocycles. The van der Waals surface area contributed by atoms with Gasteiger partial charge in [0, 0.05) is 0 Å². The van der Waals surface area contributed by atoms with Gasteiger partial charge in [-0.15, -0.1) is 0 Å². The van der Waals surface area contributed by atoms with Gasteiger partial charge in [0.2, 0.25) is 5.91 Å². The summed E-state index contributed by atoms with van der Waals surface area (Å²) in [5, 5.41) is 5.23. The van der Waals surface area contributed by atoms with Crippen molar-refractivity contribution < 1.29 is 22.4 Å². The summed E-state index contributed by atoms with van der Waals surface area (Å²) in [6, 6.07) is 5.54. The van der Waals surface area contributed by atoms with Crippen LogP contribution in [0.5, 0.6) is 0 Å². The van der Waals surface area contributed by atoms with Gasteiger partial charge in [-0.25, -0.2) is 22.5 Å². The number of anilines is 1. The second-order valence-corrected chi connectivity index (χ2v) is 6.79. The number of rotatable bonds is 5. The van der Waals surface area contributed by atoms with Crippen molar-refractivity contribution in [3.05, 3.63) is 40.2 Å². The Morgan fingerprint density at radius 2 is 2.04 bits per heavy atom. The quantitative estimate of drug-likeness (QED) is 0.609. The van der Waals surface area contributed by atoms with E-state index >= 15 is 0 Å². The first-order valence-corrected chi connectivity index (χ1v) is 8.45. The third-order valence-electron chi connectivity index (χ3n) is 3.45. The number of carbonyl (C=O) groups is 1. The Balaban J connectivity index is 1.82. The van der Waals surface area contributed by atoms with E-state index in [0.717, 1.165) is 10.3 Å². The number of alkyl halides is 4. The van der Waals surface area contributed by atoms with Crippen LogP contribution in [0.3, 0.4) is 0 Å². The average molecular weight is 407 g/mol. The number of amides is 1. The first-order chi connectivity index (χ1) is 12.3. The number of halogens is 5. The maximum Gasteiger partial charge on any atom is 0.283 e. The molecule has 0 saturated heterocycles. The number of nitrogens with one attached hydrogen (secondary N) is 1. The van der Waals surface area contributed by atoms with Crippen LogP contribution in [0.15, 0.2) is 18.2 Å². The number of nitrogens with zero attached hydrogens (tertiary/aromatic N) is 3. The zero-order valence-corrected chi connectivity index (χ0v) is 14.7. The zero-order valence-electron chi connectivity index (χ0n) is 13.1. The minimum Gasteiger partial charge on any atom is -0.300 e. The van der Waals surface area contributed by atoms with E-state index in [0.29, 0.717) is 10.2 Å². The van der Waals surface area contributed by atoms with Gasteiger partial charge in [0.05, 0.1) is 15.2 Å².